The van der Waals surface area contributed by atoms with Crippen molar-refractivity contribution in [2.75, 3.05) is 19.6 Å². The Morgan fingerprint density at radius 1 is 1.10 bits per heavy atom. The van der Waals surface area contributed by atoms with Crippen molar-refractivity contribution in [2.45, 2.75) is 51.2 Å². The molecule has 3 heterocycles. The lowest BCUT2D eigenvalue weighted by molar-refractivity contribution is -0.136. The van der Waals surface area contributed by atoms with Crippen LogP contribution in [0, 0.1) is 0 Å². The Hall–Kier alpha value is -2.58. The van der Waals surface area contributed by atoms with Crippen molar-refractivity contribution < 1.29 is 19.2 Å². The summed E-state index contributed by atoms with van der Waals surface area (Å²) in [5, 5.41) is 5.64. The molecule has 4 rings (SSSR count). The molecule has 0 aromatic heterocycles. The summed E-state index contributed by atoms with van der Waals surface area (Å²) < 4.78 is 0. The van der Waals surface area contributed by atoms with Crippen LogP contribution in [0.5, 0.6) is 0 Å². The molecule has 2 saturated heterocycles. The third-order valence-electron chi connectivity index (χ3n) is 6.24. The van der Waals surface area contributed by atoms with Crippen LogP contribution < -0.4 is 10.6 Å². The quantitative estimate of drug-likeness (QED) is 0.726. The molecule has 29 heavy (non-hydrogen) atoms. The van der Waals surface area contributed by atoms with Crippen LogP contribution in [0.1, 0.15) is 59.4 Å². The minimum absolute atomic E-state index is 0.0405. The minimum Gasteiger partial charge on any atom is -0.315 e. The molecular weight excluding hydrogens is 372 g/mol. The van der Waals surface area contributed by atoms with Crippen LogP contribution in [-0.2, 0) is 16.1 Å². The molecular formula is C21H26N4O4. The average Bonchev–Trinajstić information content (AvgIpc) is 2.80. The van der Waals surface area contributed by atoms with E-state index >= 15 is 0 Å². The number of rotatable bonds is 3. The van der Waals surface area contributed by atoms with Crippen LogP contribution in [0.2, 0.25) is 0 Å². The summed E-state index contributed by atoms with van der Waals surface area (Å²) in [6.07, 6.45) is 1.26. The molecule has 4 amide bonds. The van der Waals surface area contributed by atoms with Crippen molar-refractivity contribution in [2.24, 2.45) is 0 Å². The number of hydrogen-bond acceptors (Lipinski definition) is 6. The largest absolute Gasteiger partial charge is 0.315 e. The zero-order chi connectivity index (χ0) is 20.8. The second-order valence-corrected chi connectivity index (χ2v) is 8.52. The van der Waals surface area contributed by atoms with Gasteiger partial charge in [-0.2, -0.15) is 0 Å². The van der Waals surface area contributed by atoms with Gasteiger partial charge in [-0.05, 0) is 44.9 Å². The van der Waals surface area contributed by atoms with Crippen molar-refractivity contribution in [3.05, 3.63) is 34.9 Å². The highest BCUT2D eigenvalue weighted by Crippen LogP contribution is 2.32. The van der Waals surface area contributed by atoms with Crippen LogP contribution in [-0.4, -0.2) is 64.6 Å². The van der Waals surface area contributed by atoms with E-state index in [2.05, 4.69) is 29.4 Å². The van der Waals surface area contributed by atoms with E-state index in [0.29, 0.717) is 17.7 Å². The molecule has 1 unspecified atom stereocenters. The molecule has 2 N–H and O–H groups in total. The lowest BCUT2D eigenvalue weighted by atomic mass is 9.96. The SMILES string of the molecule is CC1(C)CCNCCN1Cc1cccc2c1C(=O)N(C1CCC(=O)NC1=O)C2=O. The number of carbonyl (C=O) groups is 4. The van der Waals surface area contributed by atoms with Crippen LogP contribution in [0.25, 0.3) is 0 Å². The highest BCUT2D eigenvalue weighted by atomic mass is 16.2. The number of amides is 4. The van der Waals surface area contributed by atoms with Crippen LogP contribution in [0.4, 0.5) is 0 Å². The van der Waals surface area contributed by atoms with E-state index in [1.807, 2.05) is 6.07 Å². The fourth-order valence-corrected chi connectivity index (χ4v) is 4.41. The van der Waals surface area contributed by atoms with Crippen molar-refractivity contribution in [1.29, 1.82) is 0 Å². The summed E-state index contributed by atoms with van der Waals surface area (Å²) in [6, 6.07) is 4.37. The molecule has 3 aliphatic rings. The third-order valence-corrected chi connectivity index (χ3v) is 6.24. The number of imide groups is 2. The molecule has 3 aliphatic heterocycles. The van der Waals surface area contributed by atoms with Crippen LogP contribution in [0.3, 0.4) is 0 Å². The summed E-state index contributed by atoms with van der Waals surface area (Å²) in [6.45, 7) is 7.58. The van der Waals surface area contributed by atoms with Gasteiger partial charge in [0.15, 0.2) is 0 Å². The van der Waals surface area contributed by atoms with Gasteiger partial charge in [0.25, 0.3) is 11.8 Å². The van der Waals surface area contributed by atoms with Gasteiger partial charge in [-0.3, -0.25) is 34.3 Å². The Morgan fingerprint density at radius 2 is 1.90 bits per heavy atom. The third kappa shape index (κ3) is 3.47. The average molecular weight is 398 g/mol. The smallest absolute Gasteiger partial charge is 0.262 e. The molecule has 0 radical (unpaired) electrons. The maximum Gasteiger partial charge on any atom is 0.262 e. The monoisotopic (exact) mass is 398 g/mol. The second kappa shape index (κ2) is 7.35. The van der Waals surface area contributed by atoms with Gasteiger partial charge in [0.2, 0.25) is 11.8 Å². The van der Waals surface area contributed by atoms with Gasteiger partial charge >= 0.3 is 0 Å². The lowest BCUT2D eigenvalue weighted by Crippen LogP contribution is -2.54. The molecule has 0 saturated carbocycles. The van der Waals surface area contributed by atoms with Crippen molar-refractivity contribution >= 4 is 23.6 Å². The van der Waals surface area contributed by atoms with Gasteiger partial charge < -0.3 is 5.32 Å². The molecule has 2 fully saturated rings. The lowest BCUT2D eigenvalue weighted by Gasteiger charge is -2.37. The number of nitrogens with zero attached hydrogens (tertiary/aromatic N) is 2. The van der Waals surface area contributed by atoms with E-state index < -0.39 is 23.8 Å². The zero-order valence-electron chi connectivity index (χ0n) is 16.8. The highest BCUT2D eigenvalue weighted by molar-refractivity contribution is 6.24. The summed E-state index contributed by atoms with van der Waals surface area (Å²) >= 11 is 0. The van der Waals surface area contributed by atoms with E-state index in [-0.39, 0.29) is 24.3 Å². The Labute approximate surface area is 169 Å². The standard InChI is InChI=1S/C21H26N4O4/c1-21(2)8-9-22-10-11-24(21)12-13-4-3-5-14-17(13)20(29)25(19(14)28)15-6-7-16(26)23-18(15)27/h3-5,15,22H,6-12H2,1-2H3,(H,23,26,27). The van der Waals surface area contributed by atoms with Gasteiger partial charge in [0.05, 0.1) is 11.1 Å². The van der Waals surface area contributed by atoms with Crippen molar-refractivity contribution in [3.8, 4) is 0 Å². The van der Waals surface area contributed by atoms with E-state index in [4.69, 9.17) is 0 Å². The molecule has 8 nitrogen and oxygen atoms in total. The first-order valence-electron chi connectivity index (χ1n) is 10.1. The van der Waals surface area contributed by atoms with Crippen LogP contribution >= 0.6 is 0 Å². The highest BCUT2D eigenvalue weighted by Gasteiger charge is 2.45. The van der Waals surface area contributed by atoms with E-state index in [1.165, 1.54) is 0 Å². The molecule has 154 valence electrons. The van der Waals surface area contributed by atoms with Crippen molar-refractivity contribution in [1.82, 2.24) is 20.4 Å². The van der Waals surface area contributed by atoms with Crippen molar-refractivity contribution in [3.63, 3.8) is 0 Å². The predicted molar refractivity (Wildman–Crippen MR) is 105 cm³/mol. The number of nitrogens with one attached hydrogen (secondary N) is 2. The van der Waals surface area contributed by atoms with Gasteiger partial charge in [0.1, 0.15) is 6.04 Å². The van der Waals surface area contributed by atoms with Gasteiger partial charge in [-0.15, -0.1) is 0 Å². The predicted octanol–water partition coefficient (Wildman–Crippen LogP) is 0.662. The summed E-state index contributed by atoms with van der Waals surface area (Å²) in [5.74, 6) is -1.86. The first kappa shape index (κ1) is 19.7. The number of benzene rings is 1. The van der Waals surface area contributed by atoms with E-state index in [0.717, 1.165) is 36.5 Å². The first-order chi connectivity index (χ1) is 13.8. The summed E-state index contributed by atoms with van der Waals surface area (Å²) in [5.41, 5.74) is 1.48. The molecule has 0 bridgehead atoms. The maximum absolute atomic E-state index is 13.2. The Bertz CT molecular complexity index is 895. The Balaban J connectivity index is 1.64. The number of fused-ring (bicyclic) bond motifs is 1. The first-order valence-corrected chi connectivity index (χ1v) is 10.1. The zero-order valence-corrected chi connectivity index (χ0v) is 16.8. The maximum atomic E-state index is 13.2. The molecule has 0 spiro atoms. The second-order valence-electron chi connectivity index (χ2n) is 8.52. The number of carbonyl (C=O) groups excluding carboxylic acids is 4. The fourth-order valence-electron chi connectivity index (χ4n) is 4.41. The van der Waals surface area contributed by atoms with E-state index in [9.17, 15) is 19.2 Å². The van der Waals surface area contributed by atoms with E-state index in [1.54, 1.807) is 12.1 Å². The Morgan fingerprint density at radius 3 is 2.66 bits per heavy atom. The molecule has 1 aromatic carbocycles. The molecule has 8 heteroatoms. The molecule has 0 aliphatic carbocycles. The normalized spacial score (nSPS) is 25.0. The van der Waals surface area contributed by atoms with Gasteiger partial charge in [-0.25, -0.2) is 0 Å². The van der Waals surface area contributed by atoms with Crippen LogP contribution in [0.15, 0.2) is 18.2 Å². The minimum atomic E-state index is -0.938. The molecule has 1 atom stereocenters. The Kier molecular flexibility index (Phi) is 5.00. The topological polar surface area (TPSA) is 98.8 Å². The summed E-state index contributed by atoms with van der Waals surface area (Å²) in [7, 11) is 0. The molecule has 1 aromatic rings. The number of hydrogen-bond donors (Lipinski definition) is 2. The van der Waals surface area contributed by atoms with Gasteiger partial charge in [-0.1, -0.05) is 12.1 Å². The number of piperidine rings is 1. The van der Waals surface area contributed by atoms with Gasteiger partial charge in [0, 0.05) is 31.6 Å². The summed E-state index contributed by atoms with van der Waals surface area (Å²) in [4.78, 5) is 53.3. The fraction of sp³-hybridized carbons (Fsp3) is 0.524.